The van der Waals surface area contributed by atoms with Crippen molar-refractivity contribution < 1.29 is 4.74 Å². The summed E-state index contributed by atoms with van der Waals surface area (Å²) in [5, 5.41) is 4.19. The Morgan fingerprint density at radius 2 is 1.79 bits per heavy atom. The number of pyridine rings is 1. The van der Waals surface area contributed by atoms with Gasteiger partial charge in [0.25, 0.3) is 5.56 Å². The maximum Gasteiger partial charge on any atom is 0.271 e. The van der Waals surface area contributed by atoms with Crippen LogP contribution >= 0.6 is 0 Å². The standard InChI is InChI=1S/C22H22N4O2/c1-14-7-5-8-15(2)19(14)13-28-20-11-18(26-21(27)9-6-10-23-26)12-25-17(4)16(3)24-22(20)25/h5-12H,13H2,1-4H3. The Kier molecular flexibility index (Phi) is 4.47. The molecule has 0 saturated heterocycles. The lowest BCUT2D eigenvalue weighted by Gasteiger charge is -2.14. The number of aryl methyl sites for hydroxylation is 4. The molecule has 0 unspecified atom stereocenters. The molecule has 4 rings (SSSR count). The molecule has 28 heavy (non-hydrogen) atoms. The number of aromatic nitrogens is 4. The van der Waals surface area contributed by atoms with Crippen molar-refractivity contribution >= 4 is 5.65 Å². The third kappa shape index (κ3) is 3.07. The van der Waals surface area contributed by atoms with Gasteiger partial charge >= 0.3 is 0 Å². The summed E-state index contributed by atoms with van der Waals surface area (Å²) in [7, 11) is 0. The molecular weight excluding hydrogens is 352 g/mol. The van der Waals surface area contributed by atoms with Crippen LogP contribution in [0.3, 0.4) is 0 Å². The summed E-state index contributed by atoms with van der Waals surface area (Å²) in [4.78, 5) is 16.9. The van der Waals surface area contributed by atoms with Gasteiger partial charge in [-0.1, -0.05) is 18.2 Å². The molecule has 0 saturated carbocycles. The highest BCUT2D eigenvalue weighted by atomic mass is 16.5. The second-order valence-corrected chi connectivity index (χ2v) is 6.97. The molecule has 3 aromatic heterocycles. The molecule has 0 N–H and O–H groups in total. The lowest BCUT2D eigenvalue weighted by atomic mass is 10.0. The molecule has 0 aliphatic rings. The molecule has 0 atom stereocenters. The zero-order valence-corrected chi connectivity index (χ0v) is 16.4. The van der Waals surface area contributed by atoms with Crippen LogP contribution in [0.4, 0.5) is 0 Å². The topological polar surface area (TPSA) is 61.4 Å². The molecule has 6 heteroatoms. The molecule has 142 valence electrons. The molecular formula is C22H22N4O2. The second kappa shape index (κ2) is 6.96. The summed E-state index contributed by atoms with van der Waals surface area (Å²) in [6, 6.07) is 11.1. The first-order chi connectivity index (χ1) is 13.5. The van der Waals surface area contributed by atoms with Crippen molar-refractivity contribution in [3.63, 3.8) is 0 Å². The Balaban J connectivity index is 1.84. The van der Waals surface area contributed by atoms with Gasteiger partial charge in [-0.05, 0) is 50.5 Å². The molecule has 0 aliphatic heterocycles. The van der Waals surface area contributed by atoms with Crippen molar-refractivity contribution in [1.29, 1.82) is 0 Å². The van der Waals surface area contributed by atoms with E-state index in [1.165, 1.54) is 21.9 Å². The number of fused-ring (bicyclic) bond motifs is 1. The fourth-order valence-electron chi connectivity index (χ4n) is 3.33. The van der Waals surface area contributed by atoms with Crippen molar-refractivity contribution in [2.45, 2.75) is 34.3 Å². The highest BCUT2D eigenvalue weighted by Gasteiger charge is 2.15. The van der Waals surface area contributed by atoms with Gasteiger partial charge in [0.15, 0.2) is 11.4 Å². The zero-order valence-electron chi connectivity index (χ0n) is 16.4. The number of imidazole rings is 1. The van der Waals surface area contributed by atoms with Gasteiger partial charge in [-0.2, -0.15) is 9.78 Å². The van der Waals surface area contributed by atoms with E-state index in [1.54, 1.807) is 12.3 Å². The van der Waals surface area contributed by atoms with E-state index < -0.39 is 0 Å². The van der Waals surface area contributed by atoms with E-state index in [-0.39, 0.29) is 5.56 Å². The van der Waals surface area contributed by atoms with Crippen molar-refractivity contribution in [1.82, 2.24) is 19.2 Å². The van der Waals surface area contributed by atoms with Gasteiger partial charge in [-0.25, -0.2) is 4.98 Å². The minimum atomic E-state index is -0.197. The third-order valence-corrected chi connectivity index (χ3v) is 5.12. The molecule has 0 radical (unpaired) electrons. The number of hydrogen-bond acceptors (Lipinski definition) is 4. The van der Waals surface area contributed by atoms with Gasteiger partial charge in [-0.15, -0.1) is 0 Å². The predicted molar refractivity (Wildman–Crippen MR) is 108 cm³/mol. The monoisotopic (exact) mass is 374 g/mol. The van der Waals surface area contributed by atoms with E-state index >= 15 is 0 Å². The van der Waals surface area contributed by atoms with E-state index in [1.807, 2.05) is 36.6 Å². The maximum absolute atomic E-state index is 12.3. The van der Waals surface area contributed by atoms with Crippen molar-refractivity contribution in [2.24, 2.45) is 0 Å². The van der Waals surface area contributed by atoms with E-state index in [9.17, 15) is 4.79 Å². The molecule has 6 nitrogen and oxygen atoms in total. The molecule has 0 fully saturated rings. The summed E-state index contributed by atoms with van der Waals surface area (Å²) in [6.07, 6.45) is 3.46. The van der Waals surface area contributed by atoms with Crippen LogP contribution in [0.15, 0.2) is 53.6 Å². The Morgan fingerprint density at radius 3 is 2.50 bits per heavy atom. The SMILES string of the molecule is Cc1cccc(C)c1COc1cc(-n2ncccc2=O)cn2c(C)c(C)nc12. The lowest BCUT2D eigenvalue weighted by molar-refractivity contribution is 0.306. The number of rotatable bonds is 4. The molecule has 1 aromatic carbocycles. The van der Waals surface area contributed by atoms with Gasteiger partial charge < -0.3 is 4.74 Å². The van der Waals surface area contributed by atoms with E-state index in [2.05, 4.69) is 36.1 Å². The van der Waals surface area contributed by atoms with E-state index in [0.717, 1.165) is 22.6 Å². The first-order valence-electron chi connectivity index (χ1n) is 9.17. The lowest BCUT2D eigenvalue weighted by Crippen LogP contribution is -2.19. The fraction of sp³-hybridized carbons (Fsp3) is 0.227. The number of ether oxygens (including phenoxy) is 1. The Hall–Kier alpha value is -3.41. The highest BCUT2D eigenvalue weighted by Crippen LogP contribution is 2.26. The Morgan fingerprint density at radius 1 is 1.04 bits per heavy atom. The Bertz CT molecular complexity index is 1220. The molecule has 0 aliphatic carbocycles. The van der Waals surface area contributed by atoms with E-state index in [4.69, 9.17) is 4.74 Å². The molecule has 3 heterocycles. The summed E-state index contributed by atoms with van der Waals surface area (Å²) in [6.45, 7) is 8.55. The molecule has 4 aromatic rings. The van der Waals surface area contributed by atoms with Crippen LogP contribution in [-0.2, 0) is 6.61 Å². The van der Waals surface area contributed by atoms with Crippen molar-refractivity contribution in [3.8, 4) is 11.4 Å². The average molecular weight is 374 g/mol. The second-order valence-electron chi connectivity index (χ2n) is 6.97. The molecule has 0 bridgehead atoms. The summed E-state index contributed by atoms with van der Waals surface area (Å²) >= 11 is 0. The van der Waals surface area contributed by atoms with Crippen molar-refractivity contribution in [3.05, 3.63) is 87.2 Å². The van der Waals surface area contributed by atoms with Crippen LogP contribution in [0.5, 0.6) is 5.75 Å². The first-order valence-corrected chi connectivity index (χ1v) is 9.17. The molecule has 0 spiro atoms. The summed E-state index contributed by atoms with van der Waals surface area (Å²) in [5.74, 6) is 0.619. The van der Waals surface area contributed by atoms with Crippen LogP contribution in [0.1, 0.15) is 28.1 Å². The highest BCUT2D eigenvalue weighted by molar-refractivity contribution is 5.60. The largest absolute Gasteiger partial charge is 0.485 e. The number of hydrogen-bond donors (Lipinski definition) is 0. The first kappa shape index (κ1) is 18.0. The summed E-state index contributed by atoms with van der Waals surface area (Å²) in [5.41, 5.74) is 6.61. The van der Waals surface area contributed by atoms with Crippen LogP contribution in [0.25, 0.3) is 11.3 Å². The zero-order chi connectivity index (χ0) is 19.8. The number of benzene rings is 1. The predicted octanol–water partition coefficient (Wildman–Crippen LogP) is 3.69. The van der Waals surface area contributed by atoms with Gasteiger partial charge in [0.2, 0.25) is 0 Å². The van der Waals surface area contributed by atoms with Gasteiger partial charge in [0.05, 0.1) is 11.4 Å². The smallest absolute Gasteiger partial charge is 0.271 e. The van der Waals surface area contributed by atoms with Gasteiger partial charge in [0, 0.05) is 30.2 Å². The third-order valence-electron chi connectivity index (χ3n) is 5.12. The van der Waals surface area contributed by atoms with E-state index in [0.29, 0.717) is 18.0 Å². The maximum atomic E-state index is 12.3. The Labute approximate surface area is 163 Å². The van der Waals surface area contributed by atoms with Crippen LogP contribution < -0.4 is 10.3 Å². The quantitative estimate of drug-likeness (QED) is 0.547. The minimum Gasteiger partial charge on any atom is -0.485 e. The minimum absolute atomic E-state index is 0.197. The fourth-order valence-corrected chi connectivity index (χ4v) is 3.33. The van der Waals surface area contributed by atoms with Crippen LogP contribution in [0.2, 0.25) is 0 Å². The van der Waals surface area contributed by atoms with Crippen LogP contribution in [-0.4, -0.2) is 19.2 Å². The number of nitrogens with zero attached hydrogens (tertiary/aromatic N) is 4. The summed E-state index contributed by atoms with van der Waals surface area (Å²) < 4.78 is 9.52. The van der Waals surface area contributed by atoms with Crippen LogP contribution in [0, 0.1) is 27.7 Å². The van der Waals surface area contributed by atoms with Gasteiger partial charge in [0.1, 0.15) is 6.61 Å². The van der Waals surface area contributed by atoms with Crippen molar-refractivity contribution in [2.75, 3.05) is 0 Å². The average Bonchev–Trinajstić information content (AvgIpc) is 2.96. The normalized spacial score (nSPS) is 11.1. The molecule has 0 amide bonds. The van der Waals surface area contributed by atoms with Gasteiger partial charge in [-0.3, -0.25) is 9.20 Å².